The van der Waals surface area contributed by atoms with Crippen LogP contribution in [-0.4, -0.2) is 24.2 Å². The highest BCUT2D eigenvalue weighted by atomic mass is 32.2. The Morgan fingerprint density at radius 3 is 3.00 bits per heavy atom. The molecule has 2 rings (SSSR count). The van der Waals surface area contributed by atoms with Crippen LogP contribution in [-0.2, 0) is 4.74 Å². The van der Waals surface area contributed by atoms with Crippen LogP contribution in [0.3, 0.4) is 0 Å². The molecule has 0 aromatic rings. The molecule has 2 unspecified atom stereocenters. The van der Waals surface area contributed by atoms with Gasteiger partial charge < -0.3 is 4.74 Å². The zero-order valence-corrected chi connectivity index (χ0v) is 7.03. The Kier molecular flexibility index (Phi) is 2.19. The lowest BCUT2D eigenvalue weighted by Crippen LogP contribution is -2.33. The smallest absolute Gasteiger partial charge is 0.0469 e. The first-order chi connectivity index (χ1) is 4.97. The molecule has 2 aliphatic rings. The van der Waals surface area contributed by atoms with E-state index in [4.69, 9.17) is 4.74 Å². The molecule has 2 aliphatic heterocycles. The highest BCUT2D eigenvalue weighted by Crippen LogP contribution is 2.40. The van der Waals surface area contributed by atoms with E-state index < -0.39 is 0 Å². The summed E-state index contributed by atoms with van der Waals surface area (Å²) in [5.41, 5.74) is 0. The zero-order valence-electron chi connectivity index (χ0n) is 6.21. The molecule has 0 amide bonds. The van der Waals surface area contributed by atoms with Crippen molar-refractivity contribution in [1.82, 2.24) is 0 Å². The predicted molar refractivity (Wildman–Crippen MR) is 44.4 cm³/mol. The van der Waals surface area contributed by atoms with Crippen LogP contribution < -0.4 is 0 Å². The van der Waals surface area contributed by atoms with Crippen LogP contribution in [0.2, 0.25) is 0 Å². The fourth-order valence-electron chi connectivity index (χ4n) is 1.68. The largest absolute Gasteiger partial charge is 0.381 e. The number of hydrogen-bond donors (Lipinski definition) is 0. The van der Waals surface area contributed by atoms with E-state index in [-0.39, 0.29) is 0 Å². The standard InChI is InChI=1S/C8H14OS/c1-2-8-7(6-10-8)3-5-9-4-1/h7-8H,1-6H2. The van der Waals surface area contributed by atoms with E-state index in [1.807, 2.05) is 0 Å². The van der Waals surface area contributed by atoms with Crippen molar-refractivity contribution in [3.05, 3.63) is 0 Å². The molecule has 2 atom stereocenters. The van der Waals surface area contributed by atoms with Crippen LogP contribution in [0.25, 0.3) is 0 Å². The van der Waals surface area contributed by atoms with Crippen LogP contribution in [0.4, 0.5) is 0 Å². The fourth-order valence-corrected chi connectivity index (χ4v) is 3.05. The molecule has 2 fully saturated rings. The quantitative estimate of drug-likeness (QED) is 0.532. The molecule has 10 heavy (non-hydrogen) atoms. The highest BCUT2D eigenvalue weighted by molar-refractivity contribution is 8.01. The molecule has 2 saturated heterocycles. The zero-order chi connectivity index (χ0) is 6.81. The Hall–Kier alpha value is 0.310. The summed E-state index contributed by atoms with van der Waals surface area (Å²) in [6, 6.07) is 0. The Bertz CT molecular complexity index is 102. The third kappa shape index (κ3) is 1.32. The van der Waals surface area contributed by atoms with Crippen molar-refractivity contribution in [1.29, 1.82) is 0 Å². The minimum Gasteiger partial charge on any atom is -0.381 e. The van der Waals surface area contributed by atoms with Crippen molar-refractivity contribution >= 4 is 11.8 Å². The molecule has 0 aliphatic carbocycles. The lowest BCUT2D eigenvalue weighted by molar-refractivity contribution is 0.103. The Morgan fingerprint density at radius 1 is 1.20 bits per heavy atom. The second-order valence-corrected chi connectivity index (χ2v) is 4.45. The first-order valence-corrected chi connectivity index (χ1v) is 5.21. The van der Waals surface area contributed by atoms with Crippen molar-refractivity contribution < 1.29 is 4.74 Å². The first-order valence-electron chi connectivity index (χ1n) is 4.16. The van der Waals surface area contributed by atoms with Crippen LogP contribution >= 0.6 is 11.8 Å². The van der Waals surface area contributed by atoms with E-state index in [0.29, 0.717) is 0 Å². The summed E-state index contributed by atoms with van der Waals surface area (Å²) in [4.78, 5) is 0. The molecule has 58 valence electrons. The first kappa shape index (κ1) is 6.99. The van der Waals surface area contributed by atoms with E-state index in [1.54, 1.807) is 0 Å². The Balaban J connectivity index is 1.83. The van der Waals surface area contributed by atoms with Crippen molar-refractivity contribution in [2.75, 3.05) is 19.0 Å². The second kappa shape index (κ2) is 3.14. The van der Waals surface area contributed by atoms with Crippen LogP contribution in [0.1, 0.15) is 19.3 Å². The van der Waals surface area contributed by atoms with Gasteiger partial charge in [-0.2, -0.15) is 11.8 Å². The molecule has 2 heteroatoms. The van der Waals surface area contributed by atoms with Crippen molar-refractivity contribution in [2.24, 2.45) is 5.92 Å². The minimum atomic E-state index is 1.00. The van der Waals surface area contributed by atoms with Gasteiger partial charge in [0.1, 0.15) is 0 Å². The van der Waals surface area contributed by atoms with Crippen molar-refractivity contribution in [3.8, 4) is 0 Å². The van der Waals surface area contributed by atoms with Crippen molar-refractivity contribution in [2.45, 2.75) is 24.5 Å². The maximum absolute atomic E-state index is 5.42. The van der Waals surface area contributed by atoms with Crippen LogP contribution in [0.15, 0.2) is 0 Å². The number of ether oxygens (including phenoxy) is 1. The van der Waals surface area contributed by atoms with Gasteiger partial charge in [-0.25, -0.2) is 0 Å². The Labute approximate surface area is 66.5 Å². The summed E-state index contributed by atoms with van der Waals surface area (Å²) in [6.45, 7) is 2.02. The maximum Gasteiger partial charge on any atom is 0.0469 e. The molecule has 0 aromatic heterocycles. The third-order valence-electron chi connectivity index (χ3n) is 2.46. The second-order valence-electron chi connectivity index (χ2n) is 3.18. The molecule has 0 bridgehead atoms. The molecule has 2 heterocycles. The molecule has 0 N–H and O–H groups in total. The summed E-state index contributed by atoms with van der Waals surface area (Å²) >= 11 is 2.16. The Morgan fingerprint density at radius 2 is 2.20 bits per heavy atom. The van der Waals surface area contributed by atoms with E-state index in [9.17, 15) is 0 Å². The summed E-state index contributed by atoms with van der Waals surface area (Å²) in [5.74, 6) is 2.40. The summed E-state index contributed by atoms with van der Waals surface area (Å²) in [6.07, 6.45) is 4.00. The normalized spacial score (nSPS) is 40.8. The van der Waals surface area contributed by atoms with Gasteiger partial charge in [-0.15, -0.1) is 0 Å². The van der Waals surface area contributed by atoms with Gasteiger partial charge in [0, 0.05) is 18.5 Å². The molecular weight excluding hydrogens is 144 g/mol. The van der Waals surface area contributed by atoms with Crippen LogP contribution in [0, 0.1) is 5.92 Å². The number of rotatable bonds is 0. The van der Waals surface area contributed by atoms with Crippen molar-refractivity contribution in [3.63, 3.8) is 0 Å². The van der Waals surface area contributed by atoms with Gasteiger partial charge in [-0.1, -0.05) is 0 Å². The molecule has 0 radical (unpaired) electrons. The number of hydrogen-bond acceptors (Lipinski definition) is 2. The minimum absolute atomic E-state index is 1.00. The van der Waals surface area contributed by atoms with Gasteiger partial charge in [-0.3, -0.25) is 0 Å². The van der Waals surface area contributed by atoms with Gasteiger partial charge in [0.2, 0.25) is 0 Å². The fraction of sp³-hybridized carbons (Fsp3) is 1.00. The van der Waals surface area contributed by atoms with Gasteiger partial charge in [-0.05, 0) is 30.9 Å². The molecule has 0 aromatic carbocycles. The van der Waals surface area contributed by atoms with E-state index in [1.165, 1.54) is 25.0 Å². The lowest BCUT2D eigenvalue weighted by atomic mass is 9.98. The summed E-state index contributed by atoms with van der Waals surface area (Å²) < 4.78 is 5.42. The predicted octanol–water partition coefficient (Wildman–Crippen LogP) is 1.92. The number of fused-ring (bicyclic) bond motifs is 1. The molecule has 0 spiro atoms. The number of thioether (sulfide) groups is 1. The monoisotopic (exact) mass is 158 g/mol. The van der Waals surface area contributed by atoms with Crippen LogP contribution in [0.5, 0.6) is 0 Å². The molecular formula is C8H14OS. The third-order valence-corrected chi connectivity index (χ3v) is 4.13. The summed E-state index contributed by atoms with van der Waals surface area (Å²) in [7, 11) is 0. The average Bonchev–Trinajstić information content (AvgIpc) is 1.89. The van der Waals surface area contributed by atoms with Gasteiger partial charge in [0.05, 0.1) is 0 Å². The van der Waals surface area contributed by atoms with E-state index in [0.717, 1.165) is 24.4 Å². The van der Waals surface area contributed by atoms with Gasteiger partial charge in [0.25, 0.3) is 0 Å². The van der Waals surface area contributed by atoms with E-state index >= 15 is 0 Å². The highest BCUT2D eigenvalue weighted by Gasteiger charge is 2.31. The van der Waals surface area contributed by atoms with Gasteiger partial charge >= 0.3 is 0 Å². The average molecular weight is 158 g/mol. The maximum atomic E-state index is 5.42. The SMILES string of the molecule is C1COCCC2CSC2C1. The molecule has 0 saturated carbocycles. The van der Waals surface area contributed by atoms with E-state index in [2.05, 4.69) is 11.8 Å². The summed E-state index contributed by atoms with van der Waals surface area (Å²) in [5, 5.41) is 1.00. The van der Waals surface area contributed by atoms with Gasteiger partial charge in [0.15, 0.2) is 0 Å². The molecule has 1 nitrogen and oxygen atoms in total. The lowest BCUT2D eigenvalue weighted by Gasteiger charge is -2.37. The topological polar surface area (TPSA) is 9.23 Å².